The lowest BCUT2D eigenvalue weighted by molar-refractivity contribution is 0.0689. The summed E-state index contributed by atoms with van der Waals surface area (Å²) < 4.78 is 24.8. The molecule has 0 amide bonds. The highest BCUT2D eigenvalue weighted by atomic mass is 35.5. The third-order valence-electron chi connectivity index (χ3n) is 1.55. The average molecular weight is 233 g/mol. The maximum Gasteiger partial charge on any atom is 0.354 e. The number of alkyl halides is 2. The number of aromatic nitrogens is 1. The van der Waals surface area contributed by atoms with Crippen molar-refractivity contribution < 1.29 is 18.7 Å². The lowest BCUT2D eigenvalue weighted by Crippen LogP contribution is -2.05. The zero-order chi connectivity index (χ0) is 11.6. The monoisotopic (exact) mass is 232 g/mol. The van der Waals surface area contributed by atoms with Gasteiger partial charge in [0.2, 0.25) is 0 Å². The van der Waals surface area contributed by atoms with Crippen molar-refractivity contribution in [3.63, 3.8) is 0 Å². The Bertz CT molecular complexity index is 457. The molecule has 0 atom stereocenters. The Kier molecular flexibility index (Phi) is 3.17. The van der Waals surface area contributed by atoms with E-state index >= 15 is 0 Å². The van der Waals surface area contributed by atoms with E-state index in [1.807, 2.05) is 0 Å². The number of nitriles is 1. The van der Waals surface area contributed by atoms with Gasteiger partial charge < -0.3 is 5.11 Å². The molecule has 1 heterocycles. The first-order valence-corrected chi connectivity index (χ1v) is 3.97. The maximum absolute atomic E-state index is 12.4. The molecular formula is C8H3ClF2N2O2. The van der Waals surface area contributed by atoms with Crippen LogP contribution < -0.4 is 0 Å². The third-order valence-corrected chi connectivity index (χ3v) is 1.86. The van der Waals surface area contributed by atoms with Crippen molar-refractivity contribution in [3.8, 4) is 6.07 Å². The van der Waals surface area contributed by atoms with Crippen molar-refractivity contribution in [1.82, 2.24) is 4.98 Å². The minimum atomic E-state index is -2.97. The summed E-state index contributed by atoms with van der Waals surface area (Å²) in [5.74, 6) is -1.44. The van der Waals surface area contributed by atoms with Gasteiger partial charge in [-0.05, 0) is 6.07 Å². The molecule has 0 saturated heterocycles. The fraction of sp³-hybridized carbons (Fsp3) is 0.125. The van der Waals surface area contributed by atoms with Crippen LogP contribution in [0.15, 0.2) is 6.07 Å². The molecule has 7 heteroatoms. The van der Waals surface area contributed by atoms with Crippen molar-refractivity contribution in [2.75, 3.05) is 0 Å². The van der Waals surface area contributed by atoms with E-state index in [2.05, 4.69) is 4.98 Å². The topological polar surface area (TPSA) is 74.0 Å². The van der Waals surface area contributed by atoms with Crippen LogP contribution in [0.5, 0.6) is 0 Å². The largest absolute Gasteiger partial charge is 0.477 e. The van der Waals surface area contributed by atoms with E-state index in [0.717, 1.165) is 6.07 Å². The zero-order valence-electron chi connectivity index (χ0n) is 7.04. The number of carboxylic acids is 1. The predicted molar refractivity (Wildman–Crippen MR) is 45.9 cm³/mol. The Labute approximate surface area is 87.7 Å². The minimum absolute atomic E-state index is 0.478. The average Bonchev–Trinajstić information content (AvgIpc) is 2.15. The van der Waals surface area contributed by atoms with Crippen LogP contribution in [0.25, 0.3) is 0 Å². The second kappa shape index (κ2) is 4.19. The summed E-state index contributed by atoms with van der Waals surface area (Å²) in [6.07, 6.45) is -2.97. The Morgan fingerprint density at radius 1 is 1.67 bits per heavy atom. The number of carboxylic acid groups (broad SMARTS) is 1. The lowest BCUT2D eigenvalue weighted by atomic mass is 10.2. The number of hydrogen-bond donors (Lipinski definition) is 1. The molecule has 0 aliphatic carbocycles. The molecule has 0 aliphatic heterocycles. The molecular weight excluding hydrogens is 230 g/mol. The van der Waals surface area contributed by atoms with Gasteiger partial charge in [0, 0.05) is 0 Å². The number of carbonyl (C=O) groups is 1. The highest BCUT2D eigenvalue weighted by Gasteiger charge is 2.21. The summed E-state index contributed by atoms with van der Waals surface area (Å²) in [5.41, 5.74) is -1.96. The Balaban J connectivity index is 3.46. The summed E-state index contributed by atoms with van der Waals surface area (Å²) >= 11 is 5.42. The summed E-state index contributed by atoms with van der Waals surface area (Å²) in [7, 11) is 0. The predicted octanol–water partition coefficient (Wildman–Crippen LogP) is 2.24. The first-order chi connectivity index (χ1) is 6.97. The van der Waals surface area contributed by atoms with Crippen LogP contribution in [0, 0.1) is 11.3 Å². The van der Waals surface area contributed by atoms with Crippen LogP contribution in [0.2, 0.25) is 5.02 Å². The SMILES string of the molecule is N#Cc1nc(C(=O)O)cc(Cl)c1C(F)F. The molecule has 0 fully saturated rings. The second-order valence-electron chi connectivity index (χ2n) is 2.47. The molecule has 4 nitrogen and oxygen atoms in total. The Morgan fingerprint density at radius 2 is 2.27 bits per heavy atom. The Hall–Kier alpha value is -1.74. The highest BCUT2D eigenvalue weighted by Crippen LogP contribution is 2.29. The molecule has 1 rings (SSSR count). The smallest absolute Gasteiger partial charge is 0.354 e. The van der Waals surface area contributed by atoms with Crippen LogP contribution >= 0.6 is 11.6 Å². The fourth-order valence-corrected chi connectivity index (χ4v) is 1.20. The molecule has 1 aromatic heterocycles. The van der Waals surface area contributed by atoms with Crippen LogP contribution in [-0.4, -0.2) is 16.1 Å². The van der Waals surface area contributed by atoms with Gasteiger partial charge in [-0.25, -0.2) is 18.6 Å². The number of hydrogen-bond acceptors (Lipinski definition) is 3. The van der Waals surface area contributed by atoms with Crippen LogP contribution in [0.3, 0.4) is 0 Å². The molecule has 0 unspecified atom stereocenters. The highest BCUT2D eigenvalue weighted by molar-refractivity contribution is 6.31. The van der Waals surface area contributed by atoms with E-state index in [9.17, 15) is 13.6 Å². The van der Waals surface area contributed by atoms with E-state index in [4.69, 9.17) is 22.0 Å². The van der Waals surface area contributed by atoms with Gasteiger partial charge in [-0.1, -0.05) is 11.6 Å². The van der Waals surface area contributed by atoms with E-state index in [1.165, 1.54) is 6.07 Å². The zero-order valence-corrected chi connectivity index (χ0v) is 7.79. The number of rotatable bonds is 2. The summed E-state index contributed by atoms with van der Waals surface area (Å²) in [6, 6.07) is 2.16. The molecule has 0 spiro atoms. The molecule has 15 heavy (non-hydrogen) atoms. The molecule has 0 radical (unpaired) electrons. The molecule has 0 aliphatic rings. The normalized spacial score (nSPS) is 10.1. The van der Waals surface area contributed by atoms with Crippen molar-refractivity contribution in [2.24, 2.45) is 0 Å². The van der Waals surface area contributed by atoms with Gasteiger partial charge in [-0.2, -0.15) is 5.26 Å². The number of pyridine rings is 1. The van der Waals surface area contributed by atoms with Gasteiger partial charge in [0.15, 0.2) is 11.4 Å². The molecule has 1 N–H and O–H groups in total. The molecule has 78 valence electrons. The maximum atomic E-state index is 12.4. The second-order valence-corrected chi connectivity index (χ2v) is 2.88. The number of halogens is 3. The van der Waals surface area contributed by atoms with Crippen LogP contribution in [0.4, 0.5) is 8.78 Å². The molecule has 0 aromatic carbocycles. The Morgan fingerprint density at radius 3 is 2.67 bits per heavy atom. The van der Waals surface area contributed by atoms with Gasteiger partial charge in [0.05, 0.1) is 10.6 Å². The standard InChI is InChI=1S/C8H3ClF2N2O2/c9-3-1-4(8(14)15)13-5(2-12)6(3)7(10)11/h1,7H,(H,14,15). The lowest BCUT2D eigenvalue weighted by Gasteiger charge is -2.05. The van der Waals surface area contributed by atoms with Crippen molar-refractivity contribution in [1.29, 1.82) is 5.26 Å². The third kappa shape index (κ3) is 2.19. The quantitative estimate of drug-likeness (QED) is 0.849. The molecule has 0 saturated carbocycles. The van der Waals surface area contributed by atoms with E-state index < -0.39 is 34.4 Å². The minimum Gasteiger partial charge on any atom is -0.477 e. The van der Waals surface area contributed by atoms with Crippen molar-refractivity contribution >= 4 is 17.6 Å². The van der Waals surface area contributed by atoms with Gasteiger partial charge in [0.1, 0.15) is 6.07 Å². The van der Waals surface area contributed by atoms with Crippen molar-refractivity contribution in [3.05, 3.63) is 28.0 Å². The van der Waals surface area contributed by atoms with E-state index in [1.54, 1.807) is 0 Å². The van der Waals surface area contributed by atoms with Gasteiger partial charge >= 0.3 is 5.97 Å². The molecule has 1 aromatic rings. The summed E-state index contributed by atoms with van der Waals surface area (Å²) in [6.45, 7) is 0. The first kappa shape index (κ1) is 11.3. The van der Waals surface area contributed by atoms with Crippen LogP contribution in [-0.2, 0) is 0 Å². The van der Waals surface area contributed by atoms with Crippen LogP contribution in [0.1, 0.15) is 28.2 Å². The van der Waals surface area contributed by atoms with Crippen molar-refractivity contribution in [2.45, 2.75) is 6.43 Å². The summed E-state index contributed by atoms with van der Waals surface area (Å²) in [4.78, 5) is 13.7. The molecule has 0 bridgehead atoms. The van der Waals surface area contributed by atoms with E-state index in [-0.39, 0.29) is 0 Å². The number of aromatic carboxylic acids is 1. The summed E-state index contributed by atoms with van der Waals surface area (Å²) in [5, 5.41) is 16.6. The van der Waals surface area contributed by atoms with E-state index in [0.29, 0.717) is 0 Å². The number of nitrogens with zero attached hydrogens (tertiary/aromatic N) is 2. The first-order valence-electron chi connectivity index (χ1n) is 3.59. The van der Waals surface area contributed by atoms with Gasteiger partial charge in [-0.15, -0.1) is 0 Å². The van der Waals surface area contributed by atoms with Gasteiger partial charge in [-0.3, -0.25) is 0 Å². The fourth-order valence-electron chi connectivity index (χ4n) is 0.926. The van der Waals surface area contributed by atoms with Gasteiger partial charge in [0.25, 0.3) is 6.43 Å².